The zero-order valence-electron chi connectivity index (χ0n) is 31.6. The minimum atomic E-state index is 1.03. The molecule has 3 aliphatic rings. The van der Waals surface area contributed by atoms with Crippen LogP contribution in [0.5, 0.6) is 0 Å². The molecule has 4 nitrogen and oxygen atoms in total. The molecule has 12 rings (SSSR count). The minimum Gasteiger partial charge on any atom is -0.344 e. The van der Waals surface area contributed by atoms with Gasteiger partial charge in [0.2, 0.25) is 0 Å². The van der Waals surface area contributed by atoms with Crippen molar-refractivity contribution in [3.05, 3.63) is 180 Å². The predicted molar refractivity (Wildman–Crippen MR) is 236 cm³/mol. The maximum atomic E-state index is 2.48. The maximum absolute atomic E-state index is 2.48. The number of nitrogens with zero attached hydrogens (tertiary/aromatic N) is 4. The molecule has 0 unspecified atom stereocenters. The van der Waals surface area contributed by atoms with Crippen molar-refractivity contribution in [2.45, 2.75) is 25.7 Å². The van der Waals surface area contributed by atoms with Crippen molar-refractivity contribution in [1.82, 2.24) is 4.57 Å². The molecule has 0 bridgehead atoms. The summed E-state index contributed by atoms with van der Waals surface area (Å²) >= 11 is 0. The van der Waals surface area contributed by atoms with Crippen LogP contribution in [0.2, 0.25) is 0 Å². The lowest BCUT2D eigenvalue weighted by atomic mass is 9.89. The van der Waals surface area contributed by atoms with E-state index < -0.39 is 0 Å². The fourth-order valence-corrected chi connectivity index (χ4v) is 10.2. The normalized spacial score (nSPS) is 14.2. The highest BCUT2D eigenvalue weighted by atomic mass is 15.2. The molecular weight excluding hydrogens is 681 g/mol. The minimum absolute atomic E-state index is 1.03. The largest absolute Gasteiger partial charge is 0.344 e. The number of hydrogen-bond acceptors (Lipinski definition) is 3. The van der Waals surface area contributed by atoms with Gasteiger partial charge in [-0.05, 0) is 120 Å². The fraction of sp³-hybridized carbons (Fsp3) is 0.115. The topological polar surface area (TPSA) is 14.7 Å². The van der Waals surface area contributed by atoms with Gasteiger partial charge in [0.25, 0.3) is 0 Å². The van der Waals surface area contributed by atoms with Crippen LogP contribution in [0.25, 0.3) is 43.7 Å². The molecule has 0 fully saturated rings. The Labute approximate surface area is 327 Å². The molecule has 0 saturated carbocycles. The van der Waals surface area contributed by atoms with Crippen LogP contribution < -0.4 is 14.7 Å². The zero-order chi connectivity index (χ0) is 37.1. The third-order valence-electron chi connectivity index (χ3n) is 12.9. The lowest BCUT2D eigenvalue weighted by Crippen LogP contribution is -2.17. The average Bonchev–Trinajstić information content (AvgIpc) is 3.35. The van der Waals surface area contributed by atoms with E-state index in [1.54, 1.807) is 0 Å². The molecule has 8 aromatic carbocycles. The Morgan fingerprint density at radius 2 is 0.857 bits per heavy atom. The number of hydrogen-bond donors (Lipinski definition) is 0. The van der Waals surface area contributed by atoms with Crippen LogP contribution in [-0.4, -0.2) is 11.6 Å². The molecule has 3 aliphatic heterocycles. The van der Waals surface area contributed by atoms with E-state index in [2.05, 4.69) is 191 Å². The summed E-state index contributed by atoms with van der Waals surface area (Å²) in [5, 5.41) is 5.22. The third-order valence-corrected chi connectivity index (χ3v) is 12.9. The summed E-state index contributed by atoms with van der Waals surface area (Å²) in [6.07, 6.45) is 4.14. The highest BCUT2D eigenvalue weighted by molar-refractivity contribution is 6.28. The van der Waals surface area contributed by atoms with Crippen LogP contribution >= 0.6 is 0 Å². The van der Waals surface area contributed by atoms with Crippen molar-refractivity contribution in [2.75, 3.05) is 21.7 Å². The van der Waals surface area contributed by atoms with Crippen LogP contribution in [0.15, 0.2) is 158 Å². The molecule has 9 aromatic rings. The van der Waals surface area contributed by atoms with Crippen molar-refractivity contribution in [2.24, 2.45) is 7.05 Å². The number of benzene rings is 8. The van der Waals surface area contributed by atoms with E-state index in [0.29, 0.717) is 0 Å². The number of fused-ring (bicyclic) bond motifs is 10. The lowest BCUT2D eigenvalue weighted by molar-refractivity contribution is 0.977. The zero-order valence-corrected chi connectivity index (χ0v) is 31.6. The Kier molecular flexibility index (Phi) is 6.68. The number of aromatic nitrogens is 1. The molecule has 0 aliphatic carbocycles. The van der Waals surface area contributed by atoms with E-state index in [4.69, 9.17) is 0 Å². The Balaban J connectivity index is 1.06. The number of para-hydroxylation sites is 4. The van der Waals surface area contributed by atoms with Gasteiger partial charge in [-0.3, -0.25) is 0 Å². The molecule has 1 aromatic heterocycles. The van der Waals surface area contributed by atoms with Crippen molar-refractivity contribution in [3.8, 4) is 11.1 Å². The van der Waals surface area contributed by atoms with E-state index in [0.717, 1.165) is 25.7 Å². The number of rotatable bonds is 2. The molecule has 0 saturated heterocycles. The summed E-state index contributed by atoms with van der Waals surface area (Å²) in [6, 6.07) is 59.2. The fourth-order valence-electron chi connectivity index (χ4n) is 10.2. The second kappa shape index (κ2) is 11.9. The highest BCUT2D eigenvalue weighted by Gasteiger charge is 2.29. The van der Waals surface area contributed by atoms with Crippen molar-refractivity contribution >= 4 is 78.1 Å². The van der Waals surface area contributed by atoms with Crippen LogP contribution in [0.1, 0.15) is 22.3 Å². The Morgan fingerprint density at radius 3 is 1.43 bits per heavy atom. The van der Waals surface area contributed by atoms with Gasteiger partial charge < -0.3 is 19.3 Å². The van der Waals surface area contributed by atoms with Gasteiger partial charge in [-0.25, -0.2) is 0 Å². The van der Waals surface area contributed by atoms with Crippen molar-refractivity contribution in [3.63, 3.8) is 0 Å². The van der Waals surface area contributed by atoms with E-state index in [9.17, 15) is 0 Å². The van der Waals surface area contributed by atoms with Crippen molar-refractivity contribution in [1.29, 1.82) is 0 Å². The van der Waals surface area contributed by atoms with Gasteiger partial charge in [-0.2, -0.15) is 0 Å². The first kappa shape index (κ1) is 31.6. The van der Waals surface area contributed by atoms with Crippen LogP contribution in [0.4, 0.5) is 45.5 Å². The first-order valence-electron chi connectivity index (χ1n) is 19.9. The summed E-state index contributed by atoms with van der Waals surface area (Å²) < 4.78 is 2.42. The van der Waals surface area contributed by atoms with Gasteiger partial charge in [0, 0.05) is 75.6 Å². The van der Waals surface area contributed by atoms with Crippen LogP contribution in [-0.2, 0) is 32.7 Å². The average molecular weight is 721 g/mol. The molecule has 268 valence electrons. The molecule has 0 spiro atoms. The Hall–Kier alpha value is -6.78. The van der Waals surface area contributed by atoms with Gasteiger partial charge >= 0.3 is 0 Å². The van der Waals surface area contributed by atoms with Crippen LogP contribution in [0.3, 0.4) is 0 Å². The van der Waals surface area contributed by atoms with Gasteiger partial charge in [-0.15, -0.1) is 0 Å². The third kappa shape index (κ3) is 4.41. The lowest BCUT2D eigenvalue weighted by Gasteiger charge is -2.33. The van der Waals surface area contributed by atoms with Gasteiger partial charge in [-0.1, -0.05) is 97.1 Å². The van der Waals surface area contributed by atoms with E-state index in [-0.39, 0.29) is 0 Å². The Morgan fingerprint density at radius 1 is 0.357 bits per heavy atom. The summed E-state index contributed by atoms with van der Waals surface area (Å²) in [5.41, 5.74) is 20.5. The molecular formula is C52H40N4. The second-order valence-electron chi connectivity index (χ2n) is 15.7. The monoisotopic (exact) mass is 720 g/mol. The Bertz CT molecular complexity index is 3000. The first-order chi connectivity index (χ1) is 27.6. The molecule has 0 N–H and O–H groups in total. The van der Waals surface area contributed by atoms with Gasteiger partial charge in [0.1, 0.15) is 0 Å². The summed E-state index contributed by atoms with van der Waals surface area (Å²) in [4.78, 5) is 7.37. The standard InChI is InChI=1S/C52H40N4/c1-53-47-21-11-16-41-51-40-29-27-38(56-45-19-9-5-14-35(45)24-25-36-15-6-10-20-46(36)56)31-49(40)54(2)50(51)32-42(52(41)47)39-28-26-37(30-48(39)53)55-43-17-7-3-12-33(43)22-23-34-13-4-8-18-44(34)55/h3-21,26-32H,22-25H2,1-2H3. The molecule has 0 atom stereocenters. The highest BCUT2D eigenvalue weighted by Crippen LogP contribution is 2.53. The molecule has 4 heteroatoms. The van der Waals surface area contributed by atoms with Crippen molar-refractivity contribution < 1.29 is 0 Å². The van der Waals surface area contributed by atoms with Gasteiger partial charge in [0.05, 0.1) is 16.7 Å². The summed E-state index contributed by atoms with van der Waals surface area (Å²) in [6.45, 7) is 0. The van der Waals surface area contributed by atoms with E-state index in [1.807, 2.05) is 0 Å². The predicted octanol–water partition coefficient (Wildman–Crippen LogP) is 13.4. The van der Waals surface area contributed by atoms with E-state index in [1.165, 1.54) is 111 Å². The molecule has 56 heavy (non-hydrogen) atoms. The van der Waals surface area contributed by atoms with Crippen LogP contribution in [0, 0.1) is 0 Å². The molecule has 0 amide bonds. The van der Waals surface area contributed by atoms with E-state index >= 15 is 0 Å². The number of aryl methyl sites for hydroxylation is 5. The smallest absolute Gasteiger partial charge is 0.0510 e. The summed E-state index contributed by atoms with van der Waals surface area (Å²) in [5.74, 6) is 0. The summed E-state index contributed by atoms with van der Waals surface area (Å²) in [7, 11) is 4.48. The molecule has 0 radical (unpaired) electrons. The number of anilines is 8. The maximum Gasteiger partial charge on any atom is 0.0510 e. The van der Waals surface area contributed by atoms with Gasteiger partial charge in [0.15, 0.2) is 0 Å². The first-order valence-corrected chi connectivity index (χ1v) is 19.9. The quantitative estimate of drug-likeness (QED) is 0.177. The second-order valence-corrected chi connectivity index (χ2v) is 15.7. The molecule has 4 heterocycles. The SMILES string of the molecule is CN1c2cc(N3c4ccccc4CCc4ccccc43)ccc2-c2cc3c(c4cccc1c24)c1ccc(N2c4ccccc4CCc4ccccc42)cc1n3C.